The Kier molecular flexibility index (Phi) is 6.45. The molecule has 0 aliphatic rings. The van der Waals surface area contributed by atoms with Crippen LogP contribution in [0.3, 0.4) is 0 Å². The van der Waals surface area contributed by atoms with E-state index >= 15 is 0 Å². The van der Waals surface area contributed by atoms with Crippen LogP contribution in [0.15, 0.2) is 78.9 Å². The summed E-state index contributed by atoms with van der Waals surface area (Å²) in [6.07, 6.45) is -0.652. The third kappa shape index (κ3) is 4.99. The van der Waals surface area contributed by atoms with Gasteiger partial charge in [-0.05, 0) is 42.8 Å². The molecule has 1 unspecified atom stereocenters. The van der Waals surface area contributed by atoms with E-state index in [4.69, 9.17) is 4.74 Å². The molecule has 0 spiro atoms. The standard InChI is InChI=1S/C24H25NO3/c1-18(26)19-12-14-22(15-13-19)28-17-21(27)16-25(2)24-11-7-6-10-23(24)20-8-4-3-5-9-20/h3-15,21,27H,16-17H2,1-2H3. The molecule has 0 fully saturated rings. The zero-order valence-electron chi connectivity index (χ0n) is 16.2. The summed E-state index contributed by atoms with van der Waals surface area (Å²) in [7, 11) is 1.96. The molecule has 4 heteroatoms. The van der Waals surface area contributed by atoms with Crippen molar-refractivity contribution in [3.8, 4) is 16.9 Å². The maximum absolute atomic E-state index is 11.3. The molecule has 1 atom stereocenters. The number of aliphatic hydroxyl groups is 1. The van der Waals surface area contributed by atoms with Gasteiger partial charge in [-0.25, -0.2) is 0 Å². The molecule has 28 heavy (non-hydrogen) atoms. The molecule has 0 aromatic heterocycles. The molecular formula is C24H25NO3. The molecule has 1 N–H and O–H groups in total. The van der Waals surface area contributed by atoms with E-state index in [1.54, 1.807) is 24.3 Å². The Bertz CT molecular complexity index is 907. The lowest BCUT2D eigenvalue weighted by Crippen LogP contribution is -2.33. The first kappa shape index (κ1) is 19.6. The van der Waals surface area contributed by atoms with Crippen molar-refractivity contribution in [3.63, 3.8) is 0 Å². The van der Waals surface area contributed by atoms with E-state index in [1.807, 2.05) is 42.3 Å². The van der Waals surface area contributed by atoms with E-state index in [0.717, 1.165) is 16.8 Å². The summed E-state index contributed by atoms with van der Waals surface area (Å²) in [5.41, 5.74) is 3.96. The lowest BCUT2D eigenvalue weighted by atomic mass is 10.0. The van der Waals surface area contributed by atoms with Gasteiger partial charge >= 0.3 is 0 Å². The maximum Gasteiger partial charge on any atom is 0.159 e. The molecule has 0 radical (unpaired) electrons. The number of Topliss-reactive ketones (excluding diaryl/α,β-unsaturated/α-hetero) is 1. The van der Waals surface area contributed by atoms with Gasteiger partial charge in [0, 0.05) is 30.4 Å². The molecule has 0 bridgehead atoms. The Morgan fingerprint density at radius 1 is 0.964 bits per heavy atom. The van der Waals surface area contributed by atoms with E-state index in [9.17, 15) is 9.90 Å². The number of hydrogen-bond donors (Lipinski definition) is 1. The van der Waals surface area contributed by atoms with Crippen molar-refractivity contribution in [1.82, 2.24) is 0 Å². The normalized spacial score (nSPS) is 11.7. The molecular weight excluding hydrogens is 350 g/mol. The van der Waals surface area contributed by atoms with Crippen LogP contribution in [0.25, 0.3) is 11.1 Å². The minimum atomic E-state index is -0.652. The fourth-order valence-electron chi connectivity index (χ4n) is 3.11. The van der Waals surface area contributed by atoms with Crippen LogP contribution < -0.4 is 9.64 Å². The van der Waals surface area contributed by atoms with E-state index in [1.165, 1.54) is 6.92 Å². The van der Waals surface area contributed by atoms with Crippen LogP contribution in [0, 0.1) is 0 Å². The largest absolute Gasteiger partial charge is 0.491 e. The fourth-order valence-corrected chi connectivity index (χ4v) is 3.11. The highest BCUT2D eigenvalue weighted by Crippen LogP contribution is 2.30. The molecule has 0 heterocycles. The van der Waals surface area contributed by atoms with Crippen molar-refractivity contribution in [2.75, 3.05) is 25.1 Å². The second-order valence-corrected chi connectivity index (χ2v) is 6.81. The topological polar surface area (TPSA) is 49.8 Å². The number of likely N-dealkylation sites (N-methyl/N-ethyl adjacent to an activating group) is 1. The van der Waals surface area contributed by atoms with Gasteiger partial charge < -0.3 is 14.7 Å². The first-order valence-corrected chi connectivity index (χ1v) is 9.32. The van der Waals surface area contributed by atoms with Gasteiger partial charge in [-0.15, -0.1) is 0 Å². The van der Waals surface area contributed by atoms with Crippen LogP contribution in [0.4, 0.5) is 5.69 Å². The van der Waals surface area contributed by atoms with Gasteiger partial charge in [0.25, 0.3) is 0 Å². The number of ether oxygens (including phenoxy) is 1. The predicted molar refractivity (Wildman–Crippen MR) is 113 cm³/mol. The molecule has 0 aliphatic heterocycles. The van der Waals surface area contributed by atoms with Crippen LogP contribution in [-0.4, -0.2) is 37.2 Å². The zero-order valence-corrected chi connectivity index (χ0v) is 16.2. The number of benzene rings is 3. The number of carbonyl (C=O) groups excluding carboxylic acids is 1. The Balaban J connectivity index is 1.62. The van der Waals surface area contributed by atoms with Gasteiger partial charge in [0.15, 0.2) is 5.78 Å². The highest BCUT2D eigenvalue weighted by molar-refractivity contribution is 5.94. The number of carbonyl (C=O) groups is 1. The van der Waals surface area contributed by atoms with Crippen molar-refractivity contribution in [1.29, 1.82) is 0 Å². The number of para-hydroxylation sites is 1. The zero-order chi connectivity index (χ0) is 19.9. The average molecular weight is 375 g/mol. The van der Waals surface area contributed by atoms with Crippen LogP contribution in [0.2, 0.25) is 0 Å². The number of hydrogen-bond acceptors (Lipinski definition) is 4. The molecule has 3 aromatic rings. The van der Waals surface area contributed by atoms with Crippen molar-refractivity contribution >= 4 is 11.5 Å². The SMILES string of the molecule is CC(=O)c1ccc(OCC(O)CN(C)c2ccccc2-c2ccccc2)cc1. The molecule has 4 nitrogen and oxygen atoms in total. The van der Waals surface area contributed by atoms with Gasteiger partial charge in [0.05, 0.1) is 0 Å². The molecule has 3 rings (SSSR count). The lowest BCUT2D eigenvalue weighted by Gasteiger charge is -2.25. The Morgan fingerprint density at radius 3 is 2.29 bits per heavy atom. The summed E-state index contributed by atoms with van der Waals surface area (Å²) in [5, 5.41) is 10.4. The quantitative estimate of drug-likeness (QED) is 0.592. The number of rotatable bonds is 8. The highest BCUT2D eigenvalue weighted by atomic mass is 16.5. The summed E-state index contributed by atoms with van der Waals surface area (Å²) >= 11 is 0. The first-order chi connectivity index (χ1) is 13.5. The van der Waals surface area contributed by atoms with E-state index in [-0.39, 0.29) is 12.4 Å². The highest BCUT2D eigenvalue weighted by Gasteiger charge is 2.13. The summed E-state index contributed by atoms with van der Waals surface area (Å²) < 4.78 is 5.67. The van der Waals surface area contributed by atoms with Crippen molar-refractivity contribution in [2.45, 2.75) is 13.0 Å². The van der Waals surface area contributed by atoms with Crippen LogP contribution >= 0.6 is 0 Å². The number of ketones is 1. The predicted octanol–water partition coefficient (Wildman–Crippen LogP) is 4.43. The minimum Gasteiger partial charge on any atom is -0.491 e. The lowest BCUT2D eigenvalue weighted by molar-refractivity contribution is 0.101. The smallest absolute Gasteiger partial charge is 0.159 e. The molecule has 0 saturated carbocycles. The number of nitrogens with zero attached hydrogens (tertiary/aromatic N) is 1. The Hall–Kier alpha value is -3.11. The van der Waals surface area contributed by atoms with Gasteiger partial charge in [0.1, 0.15) is 18.5 Å². The van der Waals surface area contributed by atoms with Gasteiger partial charge in [0.2, 0.25) is 0 Å². The third-order valence-electron chi connectivity index (χ3n) is 4.59. The Morgan fingerprint density at radius 2 is 1.61 bits per heavy atom. The van der Waals surface area contributed by atoms with Crippen LogP contribution in [0.5, 0.6) is 5.75 Å². The second kappa shape index (κ2) is 9.20. The van der Waals surface area contributed by atoms with Crippen LogP contribution in [0.1, 0.15) is 17.3 Å². The first-order valence-electron chi connectivity index (χ1n) is 9.32. The second-order valence-electron chi connectivity index (χ2n) is 6.81. The van der Waals surface area contributed by atoms with E-state index in [0.29, 0.717) is 17.9 Å². The van der Waals surface area contributed by atoms with Crippen LogP contribution in [-0.2, 0) is 0 Å². The molecule has 3 aromatic carbocycles. The average Bonchev–Trinajstić information content (AvgIpc) is 2.73. The van der Waals surface area contributed by atoms with Crippen molar-refractivity contribution in [2.24, 2.45) is 0 Å². The monoisotopic (exact) mass is 375 g/mol. The van der Waals surface area contributed by atoms with Gasteiger partial charge in [-0.2, -0.15) is 0 Å². The third-order valence-corrected chi connectivity index (χ3v) is 4.59. The molecule has 0 saturated heterocycles. The molecule has 0 amide bonds. The summed E-state index contributed by atoms with van der Waals surface area (Å²) in [6, 6.07) is 25.3. The van der Waals surface area contributed by atoms with E-state index < -0.39 is 6.10 Å². The van der Waals surface area contributed by atoms with Crippen molar-refractivity contribution < 1.29 is 14.6 Å². The number of anilines is 1. The molecule has 144 valence electrons. The van der Waals surface area contributed by atoms with Gasteiger partial charge in [-0.3, -0.25) is 4.79 Å². The summed E-state index contributed by atoms with van der Waals surface area (Å²) in [4.78, 5) is 13.4. The summed E-state index contributed by atoms with van der Waals surface area (Å²) in [5.74, 6) is 0.654. The van der Waals surface area contributed by atoms with Gasteiger partial charge in [-0.1, -0.05) is 48.5 Å². The fraction of sp³-hybridized carbons (Fsp3) is 0.208. The number of aliphatic hydroxyl groups excluding tert-OH is 1. The van der Waals surface area contributed by atoms with E-state index in [2.05, 4.69) is 24.3 Å². The van der Waals surface area contributed by atoms with Crippen molar-refractivity contribution in [3.05, 3.63) is 84.4 Å². The summed E-state index contributed by atoms with van der Waals surface area (Å²) in [6.45, 7) is 2.15. The minimum absolute atomic E-state index is 0.0188. The molecule has 0 aliphatic carbocycles. The Labute approximate surface area is 166 Å². The maximum atomic E-state index is 11.3.